The Balaban J connectivity index is 1.55. The number of hydrogen-bond acceptors (Lipinski definition) is 4. The van der Waals surface area contributed by atoms with Gasteiger partial charge in [-0.3, -0.25) is 4.79 Å². The molecule has 1 aliphatic carbocycles. The van der Waals surface area contributed by atoms with E-state index in [9.17, 15) is 13.2 Å². The lowest BCUT2D eigenvalue weighted by Crippen LogP contribution is -2.53. The molecule has 1 saturated heterocycles. The fourth-order valence-corrected chi connectivity index (χ4v) is 6.25. The number of likely N-dealkylation sites (N-methyl/N-ethyl adjacent to an activating group) is 1. The summed E-state index contributed by atoms with van der Waals surface area (Å²) >= 11 is 0. The summed E-state index contributed by atoms with van der Waals surface area (Å²) in [6.07, 6.45) is 8.36. The minimum absolute atomic E-state index is 0.0433. The molecular formula is C23H37N3O3S. The highest BCUT2D eigenvalue weighted by atomic mass is 32.2. The van der Waals surface area contributed by atoms with Gasteiger partial charge in [0.15, 0.2) is 0 Å². The van der Waals surface area contributed by atoms with E-state index in [1.807, 2.05) is 19.1 Å². The minimum Gasteiger partial charge on any atom is -0.354 e. The lowest BCUT2D eigenvalue weighted by Gasteiger charge is -2.40. The second kappa shape index (κ2) is 9.79. The molecular weight excluding hydrogens is 398 g/mol. The smallest absolute Gasteiger partial charge is 0.243 e. The van der Waals surface area contributed by atoms with Gasteiger partial charge in [-0.2, -0.15) is 4.31 Å². The number of nitrogens with zero attached hydrogens (tertiary/aromatic N) is 2. The van der Waals surface area contributed by atoms with E-state index in [1.54, 1.807) is 12.1 Å². The van der Waals surface area contributed by atoms with Crippen LogP contribution in [0.1, 0.15) is 56.9 Å². The highest BCUT2D eigenvalue weighted by Crippen LogP contribution is 2.31. The zero-order chi connectivity index (χ0) is 21.8. The molecule has 1 N–H and O–H groups in total. The molecule has 1 aromatic rings. The molecule has 1 aliphatic heterocycles. The Hall–Kier alpha value is -1.44. The van der Waals surface area contributed by atoms with Crippen molar-refractivity contribution < 1.29 is 13.2 Å². The maximum atomic E-state index is 12.9. The van der Waals surface area contributed by atoms with E-state index in [0.717, 1.165) is 18.4 Å². The Labute approximate surface area is 182 Å². The van der Waals surface area contributed by atoms with Crippen LogP contribution in [0, 0.1) is 12.8 Å². The molecule has 0 aromatic heterocycles. The first-order chi connectivity index (χ1) is 14.2. The Bertz CT molecular complexity index is 805. The highest BCUT2D eigenvalue weighted by molar-refractivity contribution is 7.89. The fraction of sp³-hybridized carbons (Fsp3) is 0.696. The summed E-state index contributed by atoms with van der Waals surface area (Å²) in [5.74, 6) is -0.0349. The minimum atomic E-state index is -3.49. The van der Waals surface area contributed by atoms with E-state index in [2.05, 4.69) is 24.3 Å². The van der Waals surface area contributed by atoms with Crippen molar-refractivity contribution in [3.8, 4) is 0 Å². The van der Waals surface area contributed by atoms with Crippen LogP contribution in [-0.4, -0.2) is 62.8 Å². The lowest BCUT2D eigenvalue weighted by atomic mass is 9.88. The third kappa shape index (κ3) is 5.24. The van der Waals surface area contributed by atoms with Crippen molar-refractivity contribution in [3.05, 3.63) is 29.8 Å². The maximum absolute atomic E-state index is 12.9. The van der Waals surface area contributed by atoms with Gasteiger partial charge in [0.05, 0.1) is 4.90 Å². The first kappa shape index (κ1) is 23.2. The molecule has 30 heavy (non-hydrogen) atoms. The van der Waals surface area contributed by atoms with Crippen molar-refractivity contribution in [3.63, 3.8) is 0 Å². The van der Waals surface area contributed by atoms with Crippen LogP contribution >= 0.6 is 0 Å². The monoisotopic (exact) mass is 435 g/mol. The van der Waals surface area contributed by atoms with Crippen LogP contribution in [-0.2, 0) is 14.8 Å². The van der Waals surface area contributed by atoms with E-state index in [1.165, 1.54) is 30.0 Å². The number of hydrogen-bond donors (Lipinski definition) is 1. The first-order valence-corrected chi connectivity index (χ1v) is 12.7. The van der Waals surface area contributed by atoms with Gasteiger partial charge in [-0.05, 0) is 58.8 Å². The SMILES string of the molecule is Cc1ccc(S(=O)(=O)N2CCC(C(=O)NCC3(N(C)C)CCCCCC3)CC2)cc1. The molecule has 1 amide bonds. The maximum Gasteiger partial charge on any atom is 0.243 e. The zero-order valence-corrected chi connectivity index (χ0v) is 19.5. The topological polar surface area (TPSA) is 69.7 Å². The van der Waals surface area contributed by atoms with Crippen molar-refractivity contribution in [2.75, 3.05) is 33.7 Å². The van der Waals surface area contributed by atoms with Crippen LogP contribution in [0.5, 0.6) is 0 Å². The molecule has 1 aromatic carbocycles. The molecule has 0 spiro atoms. The highest BCUT2D eigenvalue weighted by Gasteiger charge is 2.36. The number of rotatable bonds is 6. The molecule has 0 unspecified atom stereocenters. The zero-order valence-electron chi connectivity index (χ0n) is 18.7. The van der Waals surface area contributed by atoms with Crippen molar-refractivity contribution in [2.24, 2.45) is 5.92 Å². The van der Waals surface area contributed by atoms with E-state index in [-0.39, 0.29) is 17.4 Å². The number of nitrogens with one attached hydrogen (secondary N) is 1. The molecule has 168 valence electrons. The number of piperidine rings is 1. The summed E-state index contributed by atoms with van der Waals surface area (Å²) in [5, 5.41) is 3.21. The summed E-state index contributed by atoms with van der Waals surface area (Å²) in [7, 11) is 0.746. The normalized spacial score (nSPS) is 21.3. The Morgan fingerprint density at radius 1 is 1.07 bits per heavy atom. The van der Waals surface area contributed by atoms with Crippen molar-refractivity contribution in [2.45, 2.75) is 68.7 Å². The summed E-state index contributed by atoms with van der Waals surface area (Å²) in [5.41, 5.74) is 1.08. The van der Waals surface area contributed by atoms with Crippen molar-refractivity contribution in [1.29, 1.82) is 0 Å². The predicted octanol–water partition coefficient (Wildman–Crippen LogP) is 3.17. The van der Waals surface area contributed by atoms with Gasteiger partial charge in [0.1, 0.15) is 0 Å². The van der Waals surface area contributed by atoms with Gasteiger partial charge in [0, 0.05) is 31.1 Å². The second-order valence-corrected chi connectivity index (χ2v) is 11.2. The molecule has 0 radical (unpaired) electrons. The Kier molecular flexibility index (Phi) is 7.58. The number of aryl methyl sites for hydroxylation is 1. The van der Waals surface area contributed by atoms with Crippen LogP contribution in [0.25, 0.3) is 0 Å². The quantitative estimate of drug-likeness (QED) is 0.697. The summed E-state index contributed by atoms with van der Waals surface area (Å²) < 4.78 is 27.3. The fourth-order valence-electron chi connectivity index (χ4n) is 4.78. The lowest BCUT2D eigenvalue weighted by molar-refractivity contribution is -0.126. The number of carbonyl (C=O) groups is 1. The molecule has 1 saturated carbocycles. The second-order valence-electron chi connectivity index (χ2n) is 9.24. The van der Waals surface area contributed by atoms with E-state index >= 15 is 0 Å². The third-order valence-corrected chi connectivity index (χ3v) is 8.97. The van der Waals surface area contributed by atoms with Crippen LogP contribution in [0.4, 0.5) is 0 Å². The van der Waals surface area contributed by atoms with Crippen LogP contribution in [0.3, 0.4) is 0 Å². The number of sulfonamides is 1. The summed E-state index contributed by atoms with van der Waals surface area (Å²) in [4.78, 5) is 15.5. The summed E-state index contributed by atoms with van der Waals surface area (Å²) in [6.45, 7) is 3.41. The van der Waals surface area contributed by atoms with E-state index in [0.29, 0.717) is 37.4 Å². The number of carbonyl (C=O) groups excluding carboxylic acids is 1. The van der Waals surface area contributed by atoms with Gasteiger partial charge in [0.2, 0.25) is 15.9 Å². The largest absolute Gasteiger partial charge is 0.354 e. The average Bonchev–Trinajstić information content (AvgIpc) is 2.99. The molecule has 0 atom stereocenters. The Morgan fingerprint density at radius 3 is 2.17 bits per heavy atom. The molecule has 7 heteroatoms. The van der Waals surface area contributed by atoms with E-state index < -0.39 is 10.0 Å². The standard InChI is InChI=1S/C23H37N3O3S/c1-19-8-10-21(11-9-19)30(28,29)26-16-12-20(13-17-26)22(27)24-18-23(25(2)3)14-6-4-5-7-15-23/h8-11,20H,4-7,12-18H2,1-3H3,(H,24,27). The molecule has 6 nitrogen and oxygen atoms in total. The number of benzene rings is 1. The molecule has 0 bridgehead atoms. The van der Waals surface area contributed by atoms with Crippen LogP contribution in [0.15, 0.2) is 29.2 Å². The third-order valence-electron chi connectivity index (χ3n) is 7.06. The van der Waals surface area contributed by atoms with Gasteiger partial charge in [-0.15, -0.1) is 0 Å². The van der Waals surface area contributed by atoms with Crippen molar-refractivity contribution in [1.82, 2.24) is 14.5 Å². The summed E-state index contributed by atoms with van der Waals surface area (Å²) in [6, 6.07) is 6.97. The van der Waals surface area contributed by atoms with Gasteiger partial charge >= 0.3 is 0 Å². The molecule has 2 aliphatic rings. The van der Waals surface area contributed by atoms with Gasteiger partial charge in [-0.25, -0.2) is 8.42 Å². The van der Waals surface area contributed by atoms with Gasteiger partial charge in [-0.1, -0.05) is 43.4 Å². The average molecular weight is 436 g/mol. The van der Waals surface area contributed by atoms with Gasteiger partial charge < -0.3 is 10.2 Å². The van der Waals surface area contributed by atoms with Crippen LogP contribution in [0.2, 0.25) is 0 Å². The Morgan fingerprint density at radius 2 is 1.63 bits per heavy atom. The van der Waals surface area contributed by atoms with Gasteiger partial charge in [0.25, 0.3) is 0 Å². The molecule has 1 heterocycles. The first-order valence-electron chi connectivity index (χ1n) is 11.3. The van der Waals surface area contributed by atoms with Crippen LogP contribution < -0.4 is 5.32 Å². The molecule has 2 fully saturated rings. The predicted molar refractivity (Wildman–Crippen MR) is 120 cm³/mol. The van der Waals surface area contributed by atoms with E-state index in [4.69, 9.17) is 0 Å². The number of amides is 1. The molecule has 3 rings (SSSR count). The van der Waals surface area contributed by atoms with Crippen molar-refractivity contribution >= 4 is 15.9 Å².